The number of carbonyl (C=O) groups excluding carboxylic acids is 1. The first kappa shape index (κ1) is 15.0. The fraction of sp³-hybridized carbons (Fsp3) is 0.250. The second-order valence-corrected chi connectivity index (χ2v) is 6.35. The van der Waals surface area contributed by atoms with E-state index in [1.165, 1.54) is 6.33 Å². The van der Waals surface area contributed by atoms with Gasteiger partial charge in [0.05, 0.1) is 11.9 Å². The average molecular weight is 309 g/mol. The number of H-pyrrole nitrogens is 1. The van der Waals surface area contributed by atoms with Gasteiger partial charge in [-0.3, -0.25) is 14.4 Å². The molecule has 1 aromatic heterocycles. The number of rotatable bonds is 5. The molecule has 0 aliphatic heterocycles. The number of nitrogens with zero attached hydrogens (tertiary/aromatic N) is 3. The minimum Gasteiger partial charge on any atom is -0.293 e. The second kappa shape index (κ2) is 5.92. The van der Waals surface area contributed by atoms with Crippen molar-refractivity contribution in [2.75, 3.05) is 22.4 Å². The third kappa shape index (κ3) is 3.78. The summed E-state index contributed by atoms with van der Waals surface area (Å²) in [4.78, 5) is 15.7. The zero-order valence-corrected chi connectivity index (χ0v) is 12.4. The smallest absolute Gasteiger partial charge is 0.247 e. The van der Waals surface area contributed by atoms with E-state index in [1.807, 2.05) is 0 Å². The first-order valence-electron chi connectivity index (χ1n) is 6.06. The predicted molar refractivity (Wildman–Crippen MR) is 78.4 cm³/mol. The number of para-hydroxylation sites is 1. The highest BCUT2D eigenvalue weighted by molar-refractivity contribution is 7.92. The molecule has 0 radical (unpaired) electrons. The van der Waals surface area contributed by atoms with E-state index in [0.717, 1.165) is 16.1 Å². The Bertz CT molecular complexity index is 727. The number of aromatic amines is 1. The molecule has 2 rings (SSSR count). The molecular weight excluding hydrogens is 294 g/mol. The van der Waals surface area contributed by atoms with E-state index in [1.54, 1.807) is 31.2 Å². The lowest BCUT2D eigenvalue weighted by atomic mass is 10.2. The zero-order valence-electron chi connectivity index (χ0n) is 11.6. The van der Waals surface area contributed by atoms with E-state index in [2.05, 4.69) is 20.5 Å². The average Bonchev–Trinajstić information content (AvgIpc) is 2.88. The lowest BCUT2D eigenvalue weighted by molar-refractivity contribution is -0.114. The van der Waals surface area contributed by atoms with Crippen LogP contribution in [0.5, 0.6) is 0 Å². The molecule has 8 nitrogen and oxygen atoms in total. The number of aryl methyl sites for hydroxylation is 1. The van der Waals surface area contributed by atoms with Gasteiger partial charge in [0.2, 0.25) is 21.9 Å². The molecule has 2 N–H and O–H groups in total. The van der Waals surface area contributed by atoms with Crippen LogP contribution in [-0.2, 0) is 14.8 Å². The Kier molecular flexibility index (Phi) is 4.22. The van der Waals surface area contributed by atoms with E-state index in [9.17, 15) is 13.2 Å². The van der Waals surface area contributed by atoms with E-state index < -0.39 is 15.9 Å². The molecule has 21 heavy (non-hydrogen) atoms. The van der Waals surface area contributed by atoms with E-state index in [0.29, 0.717) is 5.69 Å². The van der Waals surface area contributed by atoms with Gasteiger partial charge in [0.15, 0.2) is 0 Å². The topological polar surface area (TPSA) is 108 Å². The Morgan fingerprint density at radius 1 is 1.38 bits per heavy atom. The highest BCUT2D eigenvalue weighted by Gasteiger charge is 2.22. The van der Waals surface area contributed by atoms with Crippen molar-refractivity contribution < 1.29 is 13.2 Å². The van der Waals surface area contributed by atoms with Crippen LogP contribution in [0, 0.1) is 6.92 Å². The lowest BCUT2D eigenvalue weighted by Gasteiger charge is -2.23. The van der Waals surface area contributed by atoms with Gasteiger partial charge in [0.1, 0.15) is 12.9 Å². The molecule has 1 aromatic carbocycles. The second-order valence-electron chi connectivity index (χ2n) is 4.44. The maximum atomic E-state index is 11.9. The van der Waals surface area contributed by atoms with Gasteiger partial charge in [-0.25, -0.2) is 13.5 Å². The highest BCUT2D eigenvalue weighted by Crippen LogP contribution is 2.21. The molecular formula is C12H15N5O3S. The van der Waals surface area contributed by atoms with Crippen LogP contribution in [0.25, 0.3) is 0 Å². The molecule has 0 bridgehead atoms. The van der Waals surface area contributed by atoms with Crippen LogP contribution >= 0.6 is 0 Å². The molecule has 0 aliphatic carbocycles. The molecule has 1 amide bonds. The van der Waals surface area contributed by atoms with Crippen LogP contribution in [0.3, 0.4) is 0 Å². The zero-order chi connectivity index (χ0) is 15.5. The van der Waals surface area contributed by atoms with Crippen LogP contribution in [0.2, 0.25) is 0 Å². The van der Waals surface area contributed by atoms with Crippen molar-refractivity contribution in [2.24, 2.45) is 0 Å². The van der Waals surface area contributed by atoms with Crippen molar-refractivity contribution in [3.05, 3.63) is 36.2 Å². The summed E-state index contributed by atoms with van der Waals surface area (Å²) in [7, 11) is -3.59. The quantitative estimate of drug-likeness (QED) is 0.837. The first-order valence-corrected chi connectivity index (χ1v) is 7.91. The molecule has 2 aromatic rings. The largest absolute Gasteiger partial charge is 0.293 e. The van der Waals surface area contributed by atoms with E-state index in [-0.39, 0.29) is 12.5 Å². The molecule has 0 atom stereocenters. The molecule has 0 aliphatic rings. The third-order valence-electron chi connectivity index (χ3n) is 2.74. The van der Waals surface area contributed by atoms with Gasteiger partial charge in [-0.15, -0.1) is 0 Å². The maximum Gasteiger partial charge on any atom is 0.247 e. The number of anilines is 2. The summed E-state index contributed by atoms with van der Waals surface area (Å²) >= 11 is 0. The van der Waals surface area contributed by atoms with Crippen molar-refractivity contribution in [1.29, 1.82) is 0 Å². The summed E-state index contributed by atoms with van der Waals surface area (Å²) in [5.41, 5.74) is 1.23. The van der Waals surface area contributed by atoms with Gasteiger partial charge < -0.3 is 0 Å². The van der Waals surface area contributed by atoms with E-state index in [4.69, 9.17) is 0 Å². The Balaban J connectivity index is 2.22. The summed E-state index contributed by atoms with van der Waals surface area (Å²) in [5.74, 6) is -0.348. The number of aromatic nitrogens is 3. The summed E-state index contributed by atoms with van der Waals surface area (Å²) in [6.45, 7) is 1.44. The van der Waals surface area contributed by atoms with Crippen molar-refractivity contribution in [3.63, 3.8) is 0 Å². The Hall–Kier alpha value is -2.42. The van der Waals surface area contributed by atoms with Crippen molar-refractivity contribution in [2.45, 2.75) is 6.92 Å². The lowest BCUT2D eigenvalue weighted by Crippen LogP contribution is -2.38. The normalized spacial score (nSPS) is 11.1. The monoisotopic (exact) mass is 309 g/mol. The SMILES string of the molecule is Cc1ccccc1N(CC(=O)Nc1ncn[nH]1)S(C)(=O)=O. The minimum absolute atomic E-state index is 0.165. The van der Waals surface area contributed by atoms with Crippen LogP contribution in [0.15, 0.2) is 30.6 Å². The molecule has 0 saturated carbocycles. The van der Waals surface area contributed by atoms with Gasteiger partial charge in [-0.2, -0.15) is 10.1 Å². The van der Waals surface area contributed by atoms with Crippen molar-refractivity contribution >= 4 is 27.6 Å². The summed E-state index contributed by atoms with van der Waals surface area (Å²) < 4.78 is 24.9. The number of nitrogens with one attached hydrogen (secondary N) is 2. The van der Waals surface area contributed by atoms with Crippen molar-refractivity contribution in [1.82, 2.24) is 15.2 Å². The number of sulfonamides is 1. The summed E-state index contributed by atoms with van der Waals surface area (Å²) in [5, 5.41) is 8.50. The Labute approximate surface area is 122 Å². The molecule has 0 spiro atoms. The number of amides is 1. The van der Waals surface area contributed by atoms with Crippen LogP contribution in [0.4, 0.5) is 11.6 Å². The Morgan fingerprint density at radius 3 is 2.67 bits per heavy atom. The van der Waals surface area contributed by atoms with Gasteiger partial charge >= 0.3 is 0 Å². The molecule has 0 unspecified atom stereocenters. The fourth-order valence-corrected chi connectivity index (χ4v) is 2.71. The van der Waals surface area contributed by atoms with E-state index >= 15 is 0 Å². The molecule has 112 valence electrons. The summed E-state index contributed by atoms with van der Waals surface area (Å²) in [6, 6.07) is 6.95. The van der Waals surface area contributed by atoms with Crippen molar-refractivity contribution in [3.8, 4) is 0 Å². The van der Waals surface area contributed by atoms with Gasteiger partial charge in [-0.1, -0.05) is 18.2 Å². The number of carbonyl (C=O) groups is 1. The van der Waals surface area contributed by atoms with Crippen LogP contribution in [-0.4, -0.2) is 42.3 Å². The summed E-state index contributed by atoms with van der Waals surface area (Å²) in [6.07, 6.45) is 2.30. The molecule has 0 fully saturated rings. The predicted octanol–water partition coefficient (Wildman–Crippen LogP) is 0.518. The highest BCUT2D eigenvalue weighted by atomic mass is 32.2. The van der Waals surface area contributed by atoms with Gasteiger partial charge in [0.25, 0.3) is 0 Å². The molecule has 9 heteroatoms. The van der Waals surface area contributed by atoms with Gasteiger partial charge in [0, 0.05) is 0 Å². The number of benzene rings is 1. The minimum atomic E-state index is -3.59. The standard InChI is InChI=1S/C12H15N5O3S/c1-9-5-3-4-6-10(9)17(21(2,19)20)7-11(18)15-12-13-8-14-16-12/h3-6,8H,7H2,1-2H3,(H2,13,14,15,16,18). The maximum absolute atomic E-state index is 11.9. The first-order chi connectivity index (χ1) is 9.88. The van der Waals surface area contributed by atoms with Crippen LogP contribution < -0.4 is 9.62 Å². The molecule has 0 saturated heterocycles. The molecule has 1 heterocycles. The Morgan fingerprint density at radius 2 is 2.10 bits per heavy atom. The van der Waals surface area contributed by atoms with Gasteiger partial charge in [-0.05, 0) is 18.6 Å². The third-order valence-corrected chi connectivity index (χ3v) is 3.87. The number of hydrogen-bond acceptors (Lipinski definition) is 5. The fourth-order valence-electron chi connectivity index (χ4n) is 1.79. The van der Waals surface area contributed by atoms with Crippen LogP contribution in [0.1, 0.15) is 5.56 Å². The number of hydrogen-bond donors (Lipinski definition) is 2.